The van der Waals surface area contributed by atoms with Crippen molar-refractivity contribution in [2.75, 3.05) is 19.6 Å². The topological polar surface area (TPSA) is 51.3 Å². The van der Waals surface area contributed by atoms with Gasteiger partial charge in [0.2, 0.25) is 5.89 Å². The summed E-state index contributed by atoms with van der Waals surface area (Å²) < 4.78 is 7.99. The summed E-state index contributed by atoms with van der Waals surface area (Å²) >= 11 is 0. The molecule has 3 heterocycles. The third kappa shape index (κ3) is 2.80. The minimum absolute atomic E-state index is 0.269. The lowest BCUT2D eigenvalue weighted by Crippen LogP contribution is -2.21. The SMILES string of the molecule is O=C1CCc2c1ccc1c2c2cc(-c3ncco3)ccc2n1CCCN1CCCC1. The zero-order valence-electron chi connectivity index (χ0n) is 17.1. The van der Waals surface area contributed by atoms with Crippen LogP contribution in [0.4, 0.5) is 0 Å². The minimum atomic E-state index is 0.269. The molecule has 5 heteroatoms. The maximum Gasteiger partial charge on any atom is 0.225 e. The summed E-state index contributed by atoms with van der Waals surface area (Å²) in [6, 6.07) is 10.7. The first kappa shape index (κ1) is 17.9. The van der Waals surface area contributed by atoms with E-state index in [-0.39, 0.29) is 5.78 Å². The zero-order valence-corrected chi connectivity index (χ0v) is 17.1. The monoisotopic (exact) mass is 399 g/mol. The van der Waals surface area contributed by atoms with Crippen LogP contribution in [0.2, 0.25) is 0 Å². The van der Waals surface area contributed by atoms with E-state index in [4.69, 9.17) is 4.42 Å². The van der Waals surface area contributed by atoms with Crippen LogP contribution in [0.15, 0.2) is 47.2 Å². The number of carbonyl (C=O) groups excluding carboxylic acids is 1. The number of hydrogen-bond donors (Lipinski definition) is 0. The van der Waals surface area contributed by atoms with Crippen molar-refractivity contribution >= 4 is 27.6 Å². The van der Waals surface area contributed by atoms with Gasteiger partial charge >= 0.3 is 0 Å². The van der Waals surface area contributed by atoms with Crippen molar-refractivity contribution < 1.29 is 9.21 Å². The number of nitrogens with zero attached hydrogens (tertiary/aromatic N) is 3. The van der Waals surface area contributed by atoms with Gasteiger partial charge in [-0.25, -0.2) is 4.98 Å². The number of likely N-dealkylation sites (tertiary alicyclic amines) is 1. The first-order valence-electron chi connectivity index (χ1n) is 11.0. The standard InChI is InChI=1S/C25H25N3O2/c29-23-9-6-19-18(23)5-8-22-24(19)20-16-17(25-26-10-15-30-25)4-7-21(20)28(22)14-3-13-27-11-1-2-12-27/h4-5,7-8,10,15-16H,1-3,6,9,11-14H2. The molecule has 1 fully saturated rings. The lowest BCUT2D eigenvalue weighted by Gasteiger charge is -2.15. The Hall–Kier alpha value is -2.92. The predicted octanol–water partition coefficient (Wildman–Crippen LogP) is 5.06. The van der Waals surface area contributed by atoms with E-state index in [9.17, 15) is 4.79 Å². The van der Waals surface area contributed by atoms with Crippen LogP contribution in [0, 0.1) is 0 Å². The van der Waals surface area contributed by atoms with Crippen molar-refractivity contribution in [3.63, 3.8) is 0 Å². The number of benzene rings is 2. The highest BCUT2D eigenvalue weighted by Gasteiger charge is 2.25. The van der Waals surface area contributed by atoms with Crippen LogP contribution in [0.1, 0.15) is 41.6 Å². The van der Waals surface area contributed by atoms with Crippen molar-refractivity contribution in [1.82, 2.24) is 14.5 Å². The molecule has 30 heavy (non-hydrogen) atoms. The van der Waals surface area contributed by atoms with Crippen molar-refractivity contribution in [2.24, 2.45) is 0 Å². The van der Waals surface area contributed by atoms with E-state index in [0.29, 0.717) is 12.3 Å². The fraction of sp³-hybridized carbons (Fsp3) is 0.360. The van der Waals surface area contributed by atoms with E-state index in [2.05, 4.69) is 38.7 Å². The molecule has 4 aromatic rings. The van der Waals surface area contributed by atoms with Crippen molar-refractivity contribution in [1.29, 1.82) is 0 Å². The summed E-state index contributed by atoms with van der Waals surface area (Å²) in [6.07, 6.45) is 8.54. The second-order valence-corrected chi connectivity index (χ2v) is 8.53. The molecule has 152 valence electrons. The van der Waals surface area contributed by atoms with Crippen LogP contribution in [0.25, 0.3) is 33.3 Å². The number of hydrogen-bond acceptors (Lipinski definition) is 4. The molecule has 0 radical (unpaired) electrons. The predicted molar refractivity (Wildman–Crippen MR) is 118 cm³/mol. The van der Waals surface area contributed by atoms with Gasteiger partial charge < -0.3 is 13.9 Å². The molecule has 0 saturated carbocycles. The molecule has 5 nitrogen and oxygen atoms in total. The molecule has 2 aromatic carbocycles. The Morgan fingerprint density at radius 3 is 2.70 bits per heavy atom. The van der Waals surface area contributed by atoms with Gasteiger partial charge in [0.15, 0.2) is 5.78 Å². The van der Waals surface area contributed by atoms with Gasteiger partial charge in [-0.3, -0.25) is 4.79 Å². The number of fused-ring (bicyclic) bond motifs is 5. The number of aryl methyl sites for hydroxylation is 2. The normalized spacial score (nSPS) is 16.9. The number of aromatic nitrogens is 2. The smallest absolute Gasteiger partial charge is 0.225 e. The molecule has 0 amide bonds. The molecule has 2 aliphatic rings. The highest BCUT2D eigenvalue weighted by atomic mass is 16.3. The molecule has 0 bridgehead atoms. The summed E-state index contributed by atoms with van der Waals surface area (Å²) in [5.41, 5.74) is 5.56. The third-order valence-corrected chi connectivity index (χ3v) is 6.77. The first-order valence-corrected chi connectivity index (χ1v) is 11.0. The van der Waals surface area contributed by atoms with Gasteiger partial charge in [-0.2, -0.15) is 0 Å². The number of carbonyl (C=O) groups is 1. The van der Waals surface area contributed by atoms with E-state index < -0.39 is 0 Å². The van der Waals surface area contributed by atoms with Gasteiger partial charge in [-0.05, 0) is 81.2 Å². The molecule has 1 aliphatic carbocycles. The zero-order chi connectivity index (χ0) is 20.1. The van der Waals surface area contributed by atoms with E-state index in [1.807, 2.05) is 6.07 Å². The minimum Gasteiger partial charge on any atom is -0.445 e. The van der Waals surface area contributed by atoms with E-state index in [1.165, 1.54) is 53.3 Å². The lowest BCUT2D eigenvalue weighted by molar-refractivity contribution is 0.0994. The Kier molecular flexibility index (Phi) is 4.23. The van der Waals surface area contributed by atoms with E-state index in [1.54, 1.807) is 12.5 Å². The highest BCUT2D eigenvalue weighted by molar-refractivity contribution is 6.15. The average molecular weight is 399 g/mol. The maximum atomic E-state index is 12.4. The first-order chi connectivity index (χ1) is 14.8. The number of rotatable bonds is 5. The van der Waals surface area contributed by atoms with Crippen LogP contribution in [-0.4, -0.2) is 39.9 Å². The van der Waals surface area contributed by atoms with Crippen LogP contribution in [-0.2, 0) is 13.0 Å². The fourth-order valence-electron chi connectivity index (χ4n) is 5.36. The second kappa shape index (κ2) is 7.10. The molecule has 0 spiro atoms. The van der Waals surface area contributed by atoms with E-state index in [0.717, 1.165) is 37.1 Å². The van der Waals surface area contributed by atoms with Gasteiger partial charge in [0.1, 0.15) is 6.26 Å². The van der Waals surface area contributed by atoms with Gasteiger partial charge in [0.25, 0.3) is 0 Å². The van der Waals surface area contributed by atoms with Crippen molar-refractivity contribution in [2.45, 2.75) is 38.6 Å². The van der Waals surface area contributed by atoms with Crippen molar-refractivity contribution in [3.05, 3.63) is 53.9 Å². The summed E-state index contributed by atoms with van der Waals surface area (Å²) in [7, 11) is 0. The van der Waals surface area contributed by atoms with Crippen molar-refractivity contribution in [3.8, 4) is 11.5 Å². The Morgan fingerprint density at radius 1 is 1.00 bits per heavy atom. The summed E-state index contributed by atoms with van der Waals surface area (Å²) in [4.78, 5) is 19.3. The summed E-state index contributed by atoms with van der Waals surface area (Å²) in [6.45, 7) is 4.62. The molecular weight excluding hydrogens is 374 g/mol. The molecule has 2 aromatic heterocycles. The molecule has 1 aliphatic heterocycles. The number of ketones is 1. The van der Waals surface area contributed by atoms with Crippen LogP contribution >= 0.6 is 0 Å². The second-order valence-electron chi connectivity index (χ2n) is 8.53. The van der Waals surface area contributed by atoms with Gasteiger partial charge in [-0.1, -0.05) is 0 Å². The Balaban J connectivity index is 1.49. The van der Waals surface area contributed by atoms with Gasteiger partial charge in [0, 0.05) is 45.9 Å². The molecule has 1 saturated heterocycles. The molecule has 6 rings (SSSR count). The lowest BCUT2D eigenvalue weighted by atomic mass is 10.0. The molecule has 0 unspecified atom stereocenters. The summed E-state index contributed by atoms with van der Waals surface area (Å²) in [5, 5.41) is 2.44. The Bertz CT molecular complexity index is 1250. The fourth-order valence-corrected chi connectivity index (χ4v) is 5.36. The van der Waals surface area contributed by atoms with Gasteiger partial charge in [-0.15, -0.1) is 0 Å². The van der Waals surface area contributed by atoms with Crippen LogP contribution in [0.5, 0.6) is 0 Å². The maximum absolute atomic E-state index is 12.4. The Labute approximate surface area is 175 Å². The molecule has 0 atom stereocenters. The van der Waals surface area contributed by atoms with E-state index >= 15 is 0 Å². The van der Waals surface area contributed by atoms with Crippen LogP contribution < -0.4 is 0 Å². The average Bonchev–Trinajstić information content (AvgIpc) is 3.55. The third-order valence-electron chi connectivity index (χ3n) is 6.77. The highest BCUT2D eigenvalue weighted by Crippen LogP contribution is 2.38. The molecule has 0 N–H and O–H groups in total. The quantitative estimate of drug-likeness (QED) is 0.470. The number of Topliss-reactive ketones (excluding diaryl/α,β-unsaturated/α-hetero) is 1. The Morgan fingerprint density at radius 2 is 1.87 bits per heavy atom. The largest absolute Gasteiger partial charge is 0.445 e. The van der Waals surface area contributed by atoms with Gasteiger partial charge in [0.05, 0.1) is 6.20 Å². The molecular formula is C25H25N3O2. The summed E-state index contributed by atoms with van der Waals surface area (Å²) in [5.74, 6) is 0.904. The van der Waals surface area contributed by atoms with Crippen LogP contribution in [0.3, 0.4) is 0 Å². The number of oxazole rings is 1.